The van der Waals surface area contributed by atoms with Crippen LogP contribution in [0.15, 0.2) is 65.6 Å². The van der Waals surface area contributed by atoms with Crippen LogP contribution in [-0.2, 0) is 16.4 Å². The van der Waals surface area contributed by atoms with Crippen molar-refractivity contribution >= 4 is 44.4 Å². The van der Waals surface area contributed by atoms with Crippen LogP contribution in [0.2, 0.25) is 0 Å². The summed E-state index contributed by atoms with van der Waals surface area (Å²) >= 11 is 5.40. The van der Waals surface area contributed by atoms with Gasteiger partial charge in [-0.1, -0.05) is 6.07 Å². The van der Waals surface area contributed by atoms with Crippen molar-refractivity contribution in [1.82, 2.24) is 0 Å². The summed E-state index contributed by atoms with van der Waals surface area (Å²) in [6.45, 7) is 5.91. The molecule has 4 rings (SSSR count). The van der Waals surface area contributed by atoms with Crippen molar-refractivity contribution in [2.75, 3.05) is 14.9 Å². The Morgan fingerprint density at radius 3 is 2.27 bits per heavy atom. The summed E-state index contributed by atoms with van der Waals surface area (Å²) in [5, 5.41) is 6.65. The molecule has 0 aromatic heterocycles. The van der Waals surface area contributed by atoms with E-state index in [9.17, 15) is 12.8 Å². The maximum Gasteiger partial charge on any atom is 0.264 e. The zero-order chi connectivity index (χ0) is 23.8. The number of fused-ring (bicyclic) bond motifs is 1. The smallest absolute Gasteiger partial charge is 0.264 e. The van der Waals surface area contributed by atoms with E-state index in [1.165, 1.54) is 16.4 Å². The Morgan fingerprint density at radius 2 is 1.61 bits per heavy atom. The van der Waals surface area contributed by atoms with E-state index in [1.54, 1.807) is 30.3 Å². The van der Waals surface area contributed by atoms with E-state index in [1.807, 2.05) is 32.9 Å². The lowest BCUT2D eigenvalue weighted by Gasteiger charge is -2.36. The molecule has 2 N–H and O–H groups in total. The second kappa shape index (κ2) is 9.11. The number of nitrogens with zero attached hydrogens (tertiary/aromatic N) is 1. The molecule has 1 atom stereocenters. The van der Waals surface area contributed by atoms with Gasteiger partial charge >= 0.3 is 0 Å². The predicted molar refractivity (Wildman–Crippen MR) is 136 cm³/mol. The Labute approximate surface area is 199 Å². The highest BCUT2D eigenvalue weighted by molar-refractivity contribution is 7.92. The summed E-state index contributed by atoms with van der Waals surface area (Å²) in [6.07, 6.45) is 1.28. The summed E-state index contributed by atoms with van der Waals surface area (Å²) in [5.41, 5.74) is 5.06. The first kappa shape index (κ1) is 23.2. The van der Waals surface area contributed by atoms with Crippen LogP contribution < -0.4 is 14.9 Å². The Bertz CT molecular complexity index is 1290. The van der Waals surface area contributed by atoms with Crippen LogP contribution in [0, 0.1) is 19.7 Å². The molecule has 0 bridgehead atoms. The lowest BCUT2D eigenvalue weighted by atomic mass is 9.99. The van der Waals surface area contributed by atoms with Gasteiger partial charge in [-0.2, -0.15) is 0 Å². The van der Waals surface area contributed by atoms with E-state index in [4.69, 9.17) is 12.2 Å². The molecule has 0 spiro atoms. The van der Waals surface area contributed by atoms with Gasteiger partial charge < -0.3 is 10.6 Å². The number of halogens is 1. The summed E-state index contributed by atoms with van der Waals surface area (Å²) < 4.78 is 42.0. The van der Waals surface area contributed by atoms with Crippen LogP contribution in [0.25, 0.3) is 0 Å². The molecule has 172 valence electrons. The normalized spacial score (nSPS) is 15.6. The molecule has 0 saturated heterocycles. The number of aryl methyl sites for hydroxylation is 3. The van der Waals surface area contributed by atoms with Gasteiger partial charge in [-0.05, 0) is 117 Å². The molecule has 1 aliphatic heterocycles. The van der Waals surface area contributed by atoms with Crippen LogP contribution in [0.5, 0.6) is 0 Å². The SMILES string of the molecule is Cc1cc(C)cc(NC(=S)Nc2ccc(S(=O)(=O)N3c4ccc(F)cc4CC[C@H]3C)cc2)c1. The largest absolute Gasteiger partial charge is 0.332 e. The second-order valence-corrected chi connectivity index (χ2v) is 10.7. The third-order valence-corrected chi connectivity index (χ3v) is 7.81. The summed E-state index contributed by atoms with van der Waals surface area (Å²) in [7, 11) is -3.81. The predicted octanol–water partition coefficient (Wildman–Crippen LogP) is 5.78. The fourth-order valence-corrected chi connectivity index (χ4v) is 6.18. The van der Waals surface area contributed by atoms with Crippen LogP contribution in [0.4, 0.5) is 21.5 Å². The van der Waals surface area contributed by atoms with Crippen LogP contribution in [0.1, 0.15) is 30.0 Å². The van der Waals surface area contributed by atoms with Crippen molar-refractivity contribution in [3.8, 4) is 0 Å². The van der Waals surface area contributed by atoms with Crippen molar-refractivity contribution in [1.29, 1.82) is 0 Å². The first-order valence-corrected chi connectivity index (χ1v) is 12.6. The molecule has 5 nitrogen and oxygen atoms in total. The minimum Gasteiger partial charge on any atom is -0.332 e. The molecule has 33 heavy (non-hydrogen) atoms. The molecular weight excluding hydrogens is 457 g/mol. The van der Waals surface area contributed by atoms with Gasteiger partial charge in [0.25, 0.3) is 10.0 Å². The highest BCUT2D eigenvalue weighted by atomic mass is 32.2. The maximum atomic E-state index is 13.7. The summed E-state index contributed by atoms with van der Waals surface area (Å²) in [5.74, 6) is -0.360. The van der Waals surface area contributed by atoms with Crippen molar-refractivity contribution < 1.29 is 12.8 Å². The molecule has 0 fully saturated rings. The van der Waals surface area contributed by atoms with Crippen molar-refractivity contribution in [3.63, 3.8) is 0 Å². The average molecular weight is 484 g/mol. The molecule has 8 heteroatoms. The van der Waals surface area contributed by atoms with Gasteiger partial charge in [0.2, 0.25) is 0 Å². The number of anilines is 3. The fraction of sp³-hybridized carbons (Fsp3) is 0.240. The van der Waals surface area contributed by atoms with Crippen molar-refractivity contribution in [2.45, 2.75) is 44.6 Å². The van der Waals surface area contributed by atoms with Gasteiger partial charge in [0.1, 0.15) is 5.82 Å². The van der Waals surface area contributed by atoms with Gasteiger partial charge in [-0.15, -0.1) is 0 Å². The zero-order valence-corrected chi connectivity index (χ0v) is 20.4. The van der Waals surface area contributed by atoms with E-state index in [0.717, 1.165) is 16.8 Å². The van der Waals surface area contributed by atoms with Crippen molar-refractivity contribution in [2.24, 2.45) is 0 Å². The van der Waals surface area contributed by atoms with Crippen LogP contribution >= 0.6 is 12.2 Å². The number of benzene rings is 3. The molecule has 0 saturated carbocycles. The van der Waals surface area contributed by atoms with Gasteiger partial charge in [0, 0.05) is 17.4 Å². The lowest BCUT2D eigenvalue weighted by Crippen LogP contribution is -2.42. The average Bonchev–Trinajstić information content (AvgIpc) is 2.73. The molecule has 0 unspecified atom stereocenters. The maximum absolute atomic E-state index is 13.7. The number of nitrogens with one attached hydrogen (secondary N) is 2. The van der Waals surface area contributed by atoms with Gasteiger partial charge in [0.05, 0.1) is 10.6 Å². The molecule has 0 radical (unpaired) electrons. The first-order chi connectivity index (χ1) is 15.6. The van der Waals surface area contributed by atoms with Gasteiger partial charge in [-0.25, -0.2) is 12.8 Å². The van der Waals surface area contributed by atoms with E-state index in [-0.39, 0.29) is 16.8 Å². The third kappa shape index (κ3) is 5.02. The van der Waals surface area contributed by atoms with Gasteiger partial charge in [-0.3, -0.25) is 4.31 Å². The Hall–Kier alpha value is -2.97. The van der Waals surface area contributed by atoms with E-state index in [2.05, 4.69) is 16.7 Å². The molecule has 3 aromatic rings. The zero-order valence-electron chi connectivity index (χ0n) is 18.7. The molecular formula is C25H26FN3O2S2. The molecule has 1 aliphatic rings. The highest BCUT2D eigenvalue weighted by Gasteiger charge is 2.33. The van der Waals surface area contributed by atoms with E-state index >= 15 is 0 Å². The number of thiocarbonyl (C=S) groups is 1. The Balaban J connectivity index is 1.52. The Kier molecular flexibility index (Phi) is 6.41. The fourth-order valence-electron chi connectivity index (χ4n) is 4.22. The van der Waals surface area contributed by atoms with Crippen LogP contribution in [0.3, 0.4) is 0 Å². The number of rotatable bonds is 4. The molecule has 1 heterocycles. The van der Waals surface area contributed by atoms with Gasteiger partial charge in [0.15, 0.2) is 5.11 Å². The lowest BCUT2D eigenvalue weighted by molar-refractivity contribution is 0.560. The number of hydrogen-bond donors (Lipinski definition) is 2. The van der Waals surface area contributed by atoms with E-state index < -0.39 is 10.0 Å². The topological polar surface area (TPSA) is 61.4 Å². The quantitative estimate of drug-likeness (QED) is 0.461. The Morgan fingerprint density at radius 1 is 0.970 bits per heavy atom. The third-order valence-electron chi connectivity index (χ3n) is 5.66. The molecule has 0 amide bonds. The van der Waals surface area contributed by atoms with E-state index in [0.29, 0.717) is 34.9 Å². The first-order valence-electron chi connectivity index (χ1n) is 10.7. The summed E-state index contributed by atoms with van der Waals surface area (Å²) in [6, 6.07) is 16.6. The number of sulfonamides is 1. The second-order valence-electron chi connectivity index (χ2n) is 8.44. The monoisotopic (exact) mass is 483 g/mol. The molecule has 3 aromatic carbocycles. The van der Waals surface area contributed by atoms with Crippen molar-refractivity contribution in [3.05, 3.63) is 83.2 Å². The number of hydrogen-bond acceptors (Lipinski definition) is 3. The summed E-state index contributed by atoms with van der Waals surface area (Å²) in [4.78, 5) is 0.172. The highest BCUT2D eigenvalue weighted by Crippen LogP contribution is 2.36. The molecule has 0 aliphatic carbocycles. The minimum atomic E-state index is -3.81. The minimum absolute atomic E-state index is 0.172. The van der Waals surface area contributed by atoms with Crippen LogP contribution in [-0.4, -0.2) is 19.6 Å². The standard InChI is InChI=1S/C25H26FN3O2S2/c1-16-12-17(2)14-22(13-16)28-25(32)27-21-7-9-23(10-8-21)33(30,31)29-18(3)4-5-19-15-20(26)6-11-24(19)29/h6-15,18H,4-5H2,1-3H3,(H2,27,28,32)/t18-/m1/s1.